The molecule has 0 saturated carbocycles. The van der Waals surface area contributed by atoms with E-state index < -0.39 is 0 Å². The summed E-state index contributed by atoms with van der Waals surface area (Å²) in [4.78, 5) is 12.3. The molecule has 4 nitrogen and oxygen atoms in total. The molecule has 2 N–H and O–H groups in total. The molecule has 122 valence electrons. The topological polar surface area (TPSA) is 50.4 Å². The number of nitrogens with one attached hydrogen (secondary N) is 2. The van der Waals surface area contributed by atoms with E-state index in [1.165, 1.54) is 5.56 Å². The maximum absolute atomic E-state index is 12.3. The Morgan fingerprint density at radius 2 is 2.09 bits per heavy atom. The van der Waals surface area contributed by atoms with Crippen LogP contribution in [0, 0.1) is 5.41 Å². The van der Waals surface area contributed by atoms with Gasteiger partial charge in [0.05, 0.1) is 19.1 Å². The SMILES string of the molecule is CC(C)(C)C(Cc1ccccc1)NC(=O)CC1CNCCO1. The summed E-state index contributed by atoms with van der Waals surface area (Å²) in [5.41, 5.74) is 1.26. The number of benzene rings is 1. The van der Waals surface area contributed by atoms with E-state index >= 15 is 0 Å². The molecule has 22 heavy (non-hydrogen) atoms. The Kier molecular flexibility index (Phi) is 5.98. The molecule has 0 aromatic heterocycles. The molecule has 2 atom stereocenters. The third kappa shape index (κ3) is 5.43. The molecular formula is C18H28N2O2. The van der Waals surface area contributed by atoms with Gasteiger partial charge in [0.15, 0.2) is 0 Å². The number of morpholine rings is 1. The molecule has 0 aliphatic carbocycles. The van der Waals surface area contributed by atoms with E-state index in [1.807, 2.05) is 18.2 Å². The summed E-state index contributed by atoms with van der Waals surface area (Å²) in [6.07, 6.45) is 1.26. The first-order chi connectivity index (χ1) is 10.4. The summed E-state index contributed by atoms with van der Waals surface area (Å²) in [5.74, 6) is 0.0737. The van der Waals surface area contributed by atoms with Crippen molar-refractivity contribution in [2.75, 3.05) is 19.7 Å². The van der Waals surface area contributed by atoms with Crippen LogP contribution in [-0.4, -0.2) is 37.7 Å². The predicted molar refractivity (Wildman–Crippen MR) is 88.8 cm³/mol. The van der Waals surface area contributed by atoms with E-state index in [2.05, 4.69) is 43.5 Å². The zero-order valence-corrected chi connectivity index (χ0v) is 13.9. The van der Waals surface area contributed by atoms with E-state index in [9.17, 15) is 4.79 Å². The van der Waals surface area contributed by atoms with Crippen LogP contribution < -0.4 is 10.6 Å². The summed E-state index contributed by atoms with van der Waals surface area (Å²) >= 11 is 0. The molecule has 1 fully saturated rings. The van der Waals surface area contributed by atoms with Gasteiger partial charge >= 0.3 is 0 Å². The monoisotopic (exact) mass is 304 g/mol. The lowest BCUT2D eigenvalue weighted by Gasteiger charge is -2.32. The van der Waals surface area contributed by atoms with Crippen molar-refractivity contribution in [1.82, 2.24) is 10.6 Å². The molecule has 1 aromatic rings. The van der Waals surface area contributed by atoms with Crippen LogP contribution in [0.25, 0.3) is 0 Å². The molecule has 0 spiro atoms. The number of ether oxygens (including phenoxy) is 1. The summed E-state index contributed by atoms with van der Waals surface area (Å²) in [6, 6.07) is 10.4. The minimum atomic E-state index is -0.00825. The van der Waals surface area contributed by atoms with Crippen LogP contribution in [0.5, 0.6) is 0 Å². The molecule has 4 heteroatoms. The predicted octanol–water partition coefficient (Wildman–Crippen LogP) is 2.14. The quantitative estimate of drug-likeness (QED) is 0.876. The van der Waals surface area contributed by atoms with Crippen molar-refractivity contribution in [2.45, 2.75) is 45.8 Å². The fourth-order valence-electron chi connectivity index (χ4n) is 2.63. The molecule has 0 bridgehead atoms. The Morgan fingerprint density at radius 1 is 1.36 bits per heavy atom. The molecule has 1 amide bonds. The van der Waals surface area contributed by atoms with E-state index in [1.54, 1.807) is 0 Å². The summed E-state index contributed by atoms with van der Waals surface area (Å²) in [7, 11) is 0. The highest BCUT2D eigenvalue weighted by atomic mass is 16.5. The summed E-state index contributed by atoms with van der Waals surface area (Å²) in [5, 5.41) is 6.46. The number of hydrogen-bond acceptors (Lipinski definition) is 3. The van der Waals surface area contributed by atoms with Crippen molar-refractivity contribution in [3.05, 3.63) is 35.9 Å². The first-order valence-corrected chi connectivity index (χ1v) is 8.11. The highest BCUT2D eigenvalue weighted by molar-refractivity contribution is 5.77. The standard InChI is InChI=1S/C18H28N2O2/c1-18(2,3)16(11-14-7-5-4-6-8-14)20-17(21)12-15-13-19-9-10-22-15/h4-8,15-16,19H,9-13H2,1-3H3,(H,20,21). The highest BCUT2D eigenvalue weighted by Crippen LogP contribution is 2.23. The molecular weight excluding hydrogens is 276 g/mol. The first-order valence-electron chi connectivity index (χ1n) is 8.11. The summed E-state index contributed by atoms with van der Waals surface area (Å²) < 4.78 is 5.61. The third-order valence-electron chi connectivity index (χ3n) is 4.08. The smallest absolute Gasteiger partial charge is 0.222 e. The average molecular weight is 304 g/mol. The Morgan fingerprint density at radius 3 is 2.68 bits per heavy atom. The molecule has 2 rings (SSSR count). The zero-order chi connectivity index (χ0) is 16.0. The normalized spacial score (nSPS) is 20.4. The maximum Gasteiger partial charge on any atom is 0.222 e. The van der Waals surface area contributed by atoms with Crippen molar-refractivity contribution in [3.8, 4) is 0 Å². The number of carbonyl (C=O) groups excluding carboxylic acids is 1. The molecule has 1 aliphatic heterocycles. The summed E-state index contributed by atoms with van der Waals surface area (Å²) in [6.45, 7) is 8.81. The van der Waals surface area contributed by atoms with Gasteiger partial charge in [-0.25, -0.2) is 0 Å². The van der Waals surface area contributed by atoms with Gasteiger partial charge in [-0.3, -0.25) is 4.79 Å². The zero-order valence-electron chi connectivity index (χ0n) is 13.9. The van der Waals surface area contributed by atoms with Gasteiger partial charge in [-0.15, -0.1) is 0 Å². The molecule has 1 heterocycles. The molecule has 1 aromatic carbocycles. The van der Waals surface area contributed by atoms with E-state index in [-0.39, 0.29) is 23.5 Å². The molecule has 1 saturated heterocycles. The van der Waals surface area contributed by atoms with Crippen LogP contribution >= 0.6 is 0 Å². The molecule has 0 radical (unpaired) electrons. The fraction of sp³-hybridized carbons (Fsp3) is 0.611. The lowest BCUT2D eigenvalue weighted by Crippen LogP contribution is -2.48. The Balaban J connectivity index is 1.93. The second-order valence-electron chi connectivity index (χ2n) is 7.08. The van der Waals surface area contributed by atoms with E-state index in [0.717, 1.165) is 19.5 Å². The van der Waals surface area contributed by atoms with Crippen LogP contribution in [0.1, 0.15) is 32.8 Å². The van der Waals surface area contributed by atoms with E-state index in [4.69, 9.17) is 4.74 Å². The second kappa shape index (κ2) is 7.75. The Bertz CT molecular complexity index is 462. The van der Waals surface area contributed by atoms with Gasteiger partial charge in [0.2, 0.25) is 5.91 Å². The van der Waals surface area contributed by atoms with Gasteiger partial charge in [0.1, 0.15) is 0 Å². The van der Waals surface area contributed by atoms with Crippen LogP contribution in [0.15, 0.2) is 30.3 Å². The maximum atomic E-state index is 12.3. The van der Waals surface area contributed by atoms with Gasteiger partial charge in [-0.2, -0.15) is 0 Å². The first kappa shape index (κ1) is 17.0. The number of carbonyl (C=O) groups is 1. The van der Waals surface area contributed by atoms with Crippen molar-refractivity contribution in [1.29, 1.82) is 0 Å². The second-order valence-corrected chi connectivity index (χ2v) is 7.08. The number of rotatable bonds is 5. The van der Waals surface area contributed by atoms with Crippen molar-refractivity contribution in [3.63, 3.8) is 0 Å². The van der Waals surface area contributed by atoms with Crippen molar-refractivity contribution >= 4 is 5.91 Å². The van der Waals surface area contributed by atoms with Gasteiger partial charge < -0.3 is 15.4 Å². The van der Waals surface area contributed by atoms with Crippen LogP contribution in [0.4, 0.5) is 0 Å². The van der Waals surface area contributed by atoms with Crippen molar-refractivity contribution in [2.24, 2.45) is 5.41 Å². The fourth-order valence-corrected chi connectivity index (χ4v) is 2.63. The van der Waals surface area contributed by atoms with Gasteiger partial charge in [0, 0.05) is 19.1 Å². The Hall–Kier alpha value is -1.39. The largest absolute Gasteiger partial charge is 0.375 e. The highest BCUT2D eigenvalue weighted by Gasteiger charge is 2.27. The van der Waals surface area contributed by atoms with Gasteiger partial charge in [-0.1, -0.05) is 51.1 Å². The minimum Gasteiger partial charge on any atom is -0.375 e. The van der Waals surface area contributed by atoms with Gasteiger partial charge in [-0.05, 0) is 17.4 Å². The lowest BCUT2D eigenvalue weighted by molar-refractivity contribution is -0.125. The number of hydrogen-bond donors (Lipinski definition) is 2. The lowest BCUT2D eigenvalue weighted by atomic mass is 9.83. The molecule has 2 unspecified atom stereocenters. The van der Waals surface area contributed by atoms with E-state index in [0.29, 0.717) is 13.0 Å². The third-order valence-corrected chi connectivity index (χ3v) is 4.08. The minimum absolute atomic E-state index is 0.00825. The Labute approximate surface area is 133 Å². The van der Waals surface area contributed by atoms with Crippen LogP contribution in [-0.2, 0) is 16.0 Å². The van der Waals surface area contributed by atoms with Crippen LogP contribution in [0.3, 0.4) is 0 Å². The van der Waals surface area contributed by atoms with Gasteiger partial charge in [0.25, 0.3) is 0 Å². The number of amides is 1. The average Bonchev–Trinajstić information content (AvgIpc) is 2.48. The van der Waals surface area contributed by atoms with Crippen LogP contribution in [0.2, 0.25) is 0 Å². The van der Waals surface area contributed by atoms with Crippen molar-refractivity contribution < 1.29 is 9.53 Å². The molecule has 1 aliphatic rings.